The maximum Gasteiger partial charge on any atom is 0.321 e. The molecule has 0 saturated carbocycles. The molecule has 2 aromatic carbocycles. The number of halogens is 2. The lowest BCUT2D eigenvalue weighted by atomic mass is 10.2. The van der Waals surface area contributed by atoms with Gasteiger partial charge in [-0.3, -0.25) is 9.69 Å². The lowest BCUT2D eigenvalue weighted by Gasteiger charge is -2.15. The first-order valence-electron chi connectivity index (χ1n) is 7.49. The number of ether oxygens (including phenoxy) is 1. The van der Waals surface area contributed by atoms with Gasteiger partial charge in [-0.15, -0.1) is 0 Å². The Labute approximate surface area is 154 Å². The summed E-state index contributed by atoms with van der Waals surface area (Å²) in [6, 6.07) is 9.86. The Kier molecular flexibility index (Phi) is 5.01. The fourth-order valence-electron chi connectivity index (χ4n) is 2.53. The summed E-state index contributed by atoms with van der Waals surface area (Å²) in [6.07, 6.45) is 0. The molecule has 25 heavy (non-hydrogen) atoms. The fraction of sp³-hybridized carbons (Fsp3) is 0.176. The van der Waals surface area contributed by atoms with Crippen molar-refractivity contribution in [3.05, 3.63) is 52.0 Å². The van der Waals surface area contributed by atoms with Crippen LogP contribution in [-0.4, -0.2) is 32.1 Å². The van der Waals surface area contributed by atoms with E-state index in [1.165, 1.54) is 19.2 Å². The molecule has 0 spiro atoms. The number of methoxy groups -OCH3 is 1. The molecule has 6 nitrogen and oxygen atoms in total. The summed E-state index contributed by atoms with van der Waals surface area (Å²) in [5, 5.41) is 6.02. The van der Waals surface area contributed by atoms with E-state index in [9.17, 15) is 9.59 Å². The monoisotopic (exact) mass is 379 g/mol. The normalized spacial score (nSPS) is 13.6. The molecule has 3 amide bonds. The zero-order chi connectivity index (χ0) is 18.0. The van der Waals surface area contributed by atoms with Gasteiger partial charge in [-0.05, 0) is 36.4 Å². The van der Waals surface area contributed by atoms with Crippen molar-refractivity contribution in [1.29, 1.82) is 0 Å². The number of carbonyl (C=O) groups is 2. The van der Waals surface area contributed by atoms with Crippen molar-refractivity contribution in [1.82, 2.24) is 5.32 Å². The average Bonchev–Trinajstić information content (AvgIpc) is 3.01. The van der Waals surface area contributed by atoms with Gasteiger partial charge >= 0.3 is 6.03 Å². The molecule has 1 aliphatic rings. The van der Waals surface area contributed by atoms with Crippen molar-refractivity contribution in [2.75, 3.05) is 30.4 Å². The van der Waals surface area contributed by atoms with Crippen LogP contribution < -0.4 is 20.3 Å². The van der Waals surface area contributed by atoms with Crippen LogP contribution in [0.1, 0.15) is 10.4 Å². The summed E-state index contributed by atoms with van der Waals surface area (Å²) in [5.41, 5.74) is 1.68. The maximum absolute atomic E-state index is 12.4. The van der Waals surface area contributed by atoms with E-state index < -0.39 is 0 Å². The third-order valence-corrected chi connectivity index (χ3v) is 4.32. The molecular formula is C17H15Cl2N3O3. The van der Waals surface area contributed by atoms with Crippen LogP contribution >= 0.6 is 23.2 Å². The van der Waals surface area contributed by atoms with Gasteiger partial charge in [-0.1, -0.05) is 23.2 Å². The van der Waals surface area contributed by atoms with Crippen LogP contribution in [0, 0.1) is 0 Å². The number of urea groups is 1. The zero-order valence-corrected chi connectivity index (χ0v) is 14.8. The molecule has 3 rings (SSSR count). The van der Waals surface area contributed by atoms with E-state index in [-0.39, 0.29) is 22.0 Å². The van der Waals surface area contributed by atoms with Crippen molar-refractivity contribution in [2.24, 2.45) is 0 Å². The molecule has 0 aromatic heterocycles. The molecule has 0 aliphatic carbocycles. The van der Waals surface area contributed by atoms with E-state index in [1.807, 2.05) is 0 Å². The molecule has 0 unspecified atom stereocenters. The van der Waals surface area contributed by atoms with Gasteiger partial charge in [0, 0.05) is 30.0 Å². The third-order valence-electron chi connectivity index (χ3n) is 3.76. The van der Waals surface area contributed by atoms with E-state index in [4.69, 9.17) is 27.9 Å². The fourth-order valence-corrected chi connectivity index (χ4v) is 3.17. The second-order valence-corrected chi connectivity index (χ2v) is 6.17. The number of rotatable bonds is 4. The van der Waals surface area contributed by atoms with E-state index in [2.05, 4.69) is 10.6 Å². The van der Waals surface area contributed by atoms with Gasteiger partial charge in [0.1, 0.15) is 0 Å². The molecule has 0 radical (unpaired) electrons. The molecule has 1 saturated heterocycles. The van der Waals surface area contributed by atoms with Gasteiger partial charge in [-0.25, -0.2) is 4.79 Å². The van der Waals surface area contributed by atoms with Crippen LogP contribution in [0.25, 0.3) is 0 Å². The summed E-state index contributed by atoms with van der Waals surface area (Å²) >= 11 is 12.1. The SMILES string of the molecule is COc1c(Cl)cc(C(=O)Nc2ccc(N3CCNC3=O)cc2)cc1Cl. The lowest BCUT2D eigenvalue weighted by molar-refractivity contribution is 0.102. The topological polar surface area (TPSA) is 70.7 Å². The Morgan fingerprint density at radius 3 is 2.36 bits per heavy atom. The van der Waals surface area contributed by atoms with Crippen molar-refractivity contribution in [3.8, 4) is 5.75 Å². The molecule has 0 bridgehead atoms. The second-order valence-electron chi connectivity index (χ2n) is 5.36. The zero-order valence-electron chi connectivity index (χ0n) is 13.3. The average molecular weight is 380 g/mol. The first-order chi connectivity index (χ1) is 12.0. The van der Waals surface area contributed by atoms with Crippen LogP contribution in [0.5, 0.6) is 5.75 Å². The molecule has 8 heteroatoms. The molecule has 0 atom stereocenters. The molecule has 1 aliphatic heterocycles. The minimum absolute atomic E-state index is 0.126. The molecule has 2 aromatic rings. The Balaban J connectivity index is 1.74. The van der Waals surface area contributed by atoms with E-state index >= 15 is 0 Å². The highest BCUT2D eigenvalue weighted by Gasteiger charge is 2.21. The quantitative estimate of drug-likeness (QED) is 0.848. The number of hydrogen-bond donors (Lipinski definition) is 2. The Morgan fingerprint density at radius 2 is 1.84 bits per heavy atom. The molecule has 1 fully saturated rings. The highest BCUT2D eigenvalue weighted by molar-refractivity contribution is 6.37. The summed E-state index contributed by atoms with van der Waals surface area (Å²) in [6.45, 7) is 1.24. The van der Waals surface area contributed by atoms with Crippen molar-refractivity contribution >= 4 is 46.5 Å². The second kappa shape index (κ2) is 7.21. The highest BCUT2D eigenvalue weighted by Crippen LogP contribution is 2.34. The highest BCUT2D eigenvalue weighted by atomic mass is 35.5. The number of nitrogens with one attached hydrogen (secondary N) is 2. The molecule has 130 valence electrons. The number of anilines is 2. The Bertz CT molecular complexity index is 801. The predicted octanol–water partition coefficient (Wildman–Crippen LogP) is 3.78. The first kappa shape index (κ1) is 17.4. The number of nitrogens with zero attached hydrogens (tertiary/aromatic N) is 1. The standard InChI is InChI=1S/C17H15Cl2N3O3/c1-25-15-13(18)8-10(9-14(15)19)16(23)21-11-2-4-12(5-3-11)22-7-6-20-17(22)24/h2-5,8-9H,6-7H2,1H3,(H,20,24)(H,21,23). The van der Waals surface area contributed by atoms with Gasteiger partial charge in [-0.2, -0.15) is 0 Å². The first-order valence-corrected chi connectivity index (χ1v) is 8.25. The minimum Gasteiger partial charge on any atom is -0.494 e. The van der Waals surface area contributed by atoms with E-state index in [0.717, 1.165) is 5.69 Å². The molecule has 1 heterocycles. The van der Waals surface area contributed by atoms with Crippen LogP contribution in [0.2, 0.25) is 10.0 Å². The van der Waals surface area contributed by atoms with E-state index in [0.29, 0.717) is 30.1 Å². The van der Waals surface area contributed by atoms with Crippen molar-refractivity contribution in [2.45, 2.75) is 0 Å². The van der Waals surface area contributed by atoms with Crippen LogP contribution in [0.3, 0.4) is 0 Å². The van der Waals surface area contributed by atoms with E-state index in [1.54, 1.807) is 29.2 Å². The smallest absolute Gasteiger partial charge is 0.321 e. The van der Waals surface area contributed by atoms with Gasteiger partial charge in [0.05, 0.1) is 17.2 Å². The number of benzene rings is 2. The van der Waals surface area contributed by atoms with Crippen LogP contribution in [0.15, 0.2) is 36.4 Å². The predicted molar refractivity (Wildman–Crippen MR) is 98.2 cm³/mol. The van der Waals surface area contributed by atoms with Gasteiger partial charge in [0.2, 0.25) is 0 Å². The van der Waals surface area contributed by atoms with Crippen LogP contribution in [0.4, 0.5) is 16.2 Å². The maximum atomic E-state index is 12.4. The van der Waals surface area contributed by atoms with Gasteiger partial charge < -0.3 is 15.4 Å². The molecular weight excluding hydrogens is 365 g/mol. The number of amides is 3. The van der Waals surface area contributed by atoms with Gasteiger partial charge in [0.15, 0.2) is 5.75 Å². The Hall–Kier alpha value is -2.44. The summed E-state index contributed by atoms with van der Waals surface area (Å²) in [7, 11) is 1.45. The summed E-state index contributed by atoms with van der Waals surface area (Å²) in [5.74, 6) is -0.0220. The lowest BCUT2D eigenvalue weighted by Crippen LogP contribution is -2.27. The van der Waals surface area contributed by atoms with Crippen LogP contribution in [-0.2, 0) is 0 Å². The number of carbonyl (C=O) groups excluding carboxylic acids is 2. The number of hydrogen-bond acceptors (Lipinski definition) is 3. The Morgan fingerprint density at radius 1 is 1.20 bits per heavy atom. The summed E-state index contributed by atoms with van der Waals surface area (Å²) in [4.78, 5) is 25.6. The van der Waals surface area contributed by atoms with Crippen molar-refractivity contribution < 1.29 is 14.3 Å². The molecule has 2 N–H and O–H groups in total. The van der Waals surface area contributed by atoms with Crippen molar-refractivity contribution in [3.63, 3.8) is 0 Å². The van der Waals surface area contributed by atoms with Gasteiger partial charge in [0.25, 0.3) is 5.91 Å². The minimum atomic E-state index is -0.349. The third kappa shape index (κ3) is 3.65. The largest absolute Gasteiger partial charge is 0.494 e. The summed E-state index contributed by atoms with van der Waals surface area (Å²) < 4.78 is 5.07.